The number of carbonyl (C=O) groups is 2. The number of methoxy groups -OCH3 is 2. The summed E-state index contributed by atoms with van der Waals surface area (Å²) in [6.45, 7) is 0.538. The van der Waals surface area contributed by atoms with Crippen LogP contribution in [-0.4, -0.2) is 64.1 Å². The summed E-state index contributed by atoms with van der Waals surface area (Å²) in [5.74, 6) is 0.524. The summed E-state index contributed by atoms with van der Waals surface area (Å²) in [7, 11) is -1.05. The van der Waals surface area contributed by atoms with Crippen molar-refractivity contribution in [2.75, 3.05) is 34.0 Å². The Morgan fingerprint density at radius 3 is 2.28 bits per heavy atom. The molecule has 0 unspecified atom stereocenters. The number of benzene rings is 2. The van der Waals surface area contributed by atoms with Crippen molar-refractivity contribution in [2.24, 2.45) is 0 Å². The van der Waals surface area contributed by atoms with Crippen LogP contribution in [0.3, 0.4) is 0 Å². The fraction of sp³-hybridized carbons (Fsp3) is 0.440. The molecule has 3 rings (SSSR count). The Kier molecular flexibility index (Phi) is 9.30. The van der Waals surface area contributed by atoms with Gasteiger partial charge in [0.1, 0.15) is 17.2 Å². The van der Waals surface area contributed by atoms with Gasteiger partial charge in [-0.3, -0.25) is 14.8 Å². The van der Waals surface area contributed by atoms with Gasteiger partial charge in [-0.25, -0.2) is 13.9 Å². The Labute approximate surface area is 210 Å². The normalized spacial score (nSPS) is 15.1. The largest absolute Gasteiger partial charge is 0.497 e. The third-order valence-corrected chi connectivity index (χ3v) is 8.76. The highest BCUT2D eigenvalue weighted by Crippen LogP contribution is 2.36. The number of hydroxylamine groups is 1. The molecule has 0 atom stereocenters. The van der Waals surface area contributed by atoms with Gasteiger partial charge in [0.15, 0.2) is 20.4 Å². The van der Waals surface area contributed by atoms with Gasteiger partial charge >= 0.3 is 0 Å². The van der Waals surface area contributed by atoms with Crippen LogP contribution in [0.1, 0.15) is 42.5 Å². The SMILES string of the molecule is COc1ccc(C(=O)CCCCOc2ccc(S(=O)(=O)C3(C(=O)NO)CCOCC3)cc2)c(OC)c1. The van der Waals surface area contributed by atoms with Crippen LogP contribution in [0.25, 0.3) is 0 Å². The van der Waals surface area contributed by atoms with Gasteiger partial charge in [-0.1, -0.05) is 0 Å². The lowest BCUT2D eigenvalue weighted by Crippen LogP contribution is -2.54. The summed E-state index contributed by atoms with van der Waals surface area (Å²) in [6, 6.07) is 10.9. The number of unbranched alkanes of at least 4 members (excludes halogenated alkanes) is 1. The Balaban J connectivity index is 1.54. The Morgan fingerprint density at radius 1 is 1.00 bits per heavy atom. The van der Waals surface area contributed by atoms with Crippen LogP contribution >= 0.6 is 0 Å². The van der Waals surface area contributed by atoms with Crippen LogP contribution in [0.15, 0.2) is 47.4 Å². The molecule has 1 amide bonds. The minimum absolute atomic E-state index is 0.0422. The fourth-order valence-electron chi connectivity index (χ4n) is 4.10. The summed E-state index contributed by atoms with van der Waals surface area (Å²) >= 11 is 0. The predicted octanol–water partition coefficient (Wildman–Crippen LogP) is 2.96. The van der Waals surface area contributed by atoms with Crippen molar-refractivity contribution in [1.29, 1.82) is 0 Å². The van der Waals surface area contributed by atoms with Crippen LogP contribution in [0, 0.1) is 0 Å². The highest BCUT2D eigenvalue weighted by Gasteiger charge is 2.52. The third kappa shape index (κ3) is 5.80. The zero-order valence-corrected chi connectivity index (χ0v) is 21.1. The van der Waals surface area contributed by atoms with Gasteiger partial charge in [-0.2, -0.15) is 0 Å². The lowest BCUT2D eigenvalue weighted by molar-refractivity contribution is -0.134. The van der Waals surface area contributed by atoms with E-state index in [1.54, 1.807) is 25.3 Å². The van der Waals surface area contributed by atoms with E-state index in [0.717, 1.165) is 0 Å². The summed E-state index contributed by atoms with van der Waals surface area (Å²) in [5, 5.41) is 9.14. The summed E-state index contributed by atoms with van der Waals surface area (Å²) < 4.78 is 46.1. The van der Waals surface area contributed by atoms with Crippen LogP contribution in [-0.2, 0) is 19.4 Å². The highest BCUT2D eigenvalue weighted by molar-refractivity contribution is 7.93. The topological polar surface area (TPSA) is 137 Å². The van der Waals surface area contributed by atoms with Crippen LogP contribution in [0.2, 0.25) is 0 Å². The molecule has 11 heteroatoms. The average molecular weight is 522 g/mol. The number of amides is 1. The first-order chi connectivity index (χ1) is 17.3. The summed E-state index contributed by atoms with van der Waals surface area (Å²) in [4.78, 5) is 24.8. The van der Waals surface area contributed by atoms with E-state index in [-0.39, 0.29) is 36.7 Å². The molecule has 0 saturated carbocycles. The van der Waals surface area contributed by atoms with Crippen molar-refractivity contribution in [2.45, 2.75) is 41.7 Å². The van der Waals surface area contributed by atoms with Gasteiger partial charge in [0, 0.05) is 25.7 Å². The molecule has 2 aromatic rings. The maximum atomic E-state index is 13.3. The van der Waals surface area contributed by atoms with Crippen molar-refractivity contribution < 1.29 is 42.2 Å². The minimum atomic E-state index is -4.09. The number of nitrogens with one attached hydrogen (secondary N) is 1. The molecule has 1 saturated heterocycles. The molecule has 2 aromatic carbocycles. The van der Waals surface area contributed by atoms with Crippen molar-refractivity contribution in [1.82, 2.24) is 5.48 Å². The van der Waals surface area contributed by atoms with Crippen LogP contribution in [0.4, 0.5) is 0 Å². The third-order valence-electron chi connectivity index (χ3n) is 6.24. The van der Waals surface area contributed by atoms with E-state index in [2.05, 4.69) is 0 Å². The first kappa shape index (κ1) is 27.4. The second kappa shape index (κ2) is 12.2. The first-order valence-electron chi connectivity index (χ1n) is 11.5. The van der Waals surface area contributed by atoms with Crippen molar-refractivity contribution in [3.05, 3.63) is 48.0 Å². The van der Waals surface area contributed by atoms with Crippen LogP contribution < -0.4 is 19.7 Å². The molecule has 0 radical (unpaired) electrons. The number of Topliss-reactive ketones (excluding diaryl/α,β-unsaturated/α-hetero) is 1. The quantitative estimate of drug-likeness (QED) is 0.187. The van der Waals surface area contributed by atoms with Gasteiger partial charge in [-0.15, -0.1) is 0 Å². The summed E-state index contributed by atoms with van der Waals surface area (Å²) in [5.41, 5.74) is 1.99. The Morgan fingerprint density at radius 2 is 1.67 bits per heavy atom. The molecule has 0 aromatic heterocycles. The zero-order valence-electron chi connectivity index (χ0n) is 20.3. The number of ether oxygens (including phenoxy) is 4. The Bertz CT molecular complexity index is 1160. The second-order valence-corrected chi connectivity index (χ2v) is 10.6. The molecule has 1 heterocycles. The highest BCUT2D eigenvalue weighted by atomic mass is 32.2. The van der Waals surface area contributed by atoms with E-state index in [9.17, 15) is 18.0 Å². The van der Waals surface area contributed by atoms with E-state index < -0.39 is 20.5 Å². The molecule has 1 aliphatic rings. The zero-order chi connectivity index (χ0) is 26.2. The number of sulfone groups is 1. The number of hydrogen-bond donors (Lipinski definition) is 2. The van der Waals surface area contributed by atoms with E-state index in [4.69, 9.17) is 24.2 Å². The number of rotatable bonds is 12. The molecule has 2 N–H and O–H groups in total. The van der Waals surface area contributed by atoms with E-state index in [1.807, 2.05) is 0 Å². The van der Waals surface area contributed by atoms with E-state index in [1.165, 1.54) is 36.9 Å². The Hall–Kier alpha value is -3.15. The van der Waals surface area contributed by atoms with E-state index in [0.29, 0.717) is 48.7 Å². The standard InChI is InChI=1S/C25H31NO9S/c1-32-19-8-11-21(23(17-19)33-2)22(27)5-3-4-14-35-18-6-9-20(10-7-18)36(30,31)25(24(28)26-29)12-15-34-16-13-25/h6-11,17,29H,3-5,12-16H2,1-2H3,(H,26,28). The predicted molar refractivity (Wildman–Crippen MR) is 130 cm³/mol. The monoisotopic (exact) mass is 521 g/mol. The molecule has 0 spiro atoms. The van der Waals surface area contributed by atoms with Gasteiger partial charge in [0.25, 0.3) is 5.91 Å². The molecule has 196 valence electrons. The van der Waals surface area contributed by atoms with Gasteiger partial charge in [0.05, 0.1) is 31.3 Å². The molecule has 0 bridgehead atoms. The molecular weight excluding hydrogens is 490 g/mol. The molecule has 36 heavy (non-hydrogen) atoms. The lowest BCUT2D eigenvalue weighted by Gasteiger charge is -2.34. The minimum Gasteiger partial charge on any atom is -0.497 e. The van der Waals surface area contributed by atoms with Crippen molar-refractivity contribution >= 4 is 21.5 Å². The van der Waals surface area contributed by atoms with Crippen molar-refractivity contribution in [3.63, 3.8) is 0 Å². The van der Waals surface area contributed by atoms with Gasteiger partial charge < -0.3 is 18.9 Å². The van der Waals surface area contributed by atoms with Crippen molar-refractivity contribution in [3.8, 4) is 17.2 Å². The second-order valence-electron chi connectivity index (χ2n) is 8.32. The first-order valence-corrected chi connectivity index (χ1v) is 13.0. The molecule has 0 aliphatic carbocycles. The molecular formula is C25H31NO9S. The van der Waals surface area contributed by atoms with Gasteiger partial charge in [-0.05, 0) is 62.1 Å². The molecule has 1 aliphatic heterocycles. The maximum Gasteiger partial charge on any atom is 0.265 e. The average Bonchev–Trinajstić information content (AvgIpc) is 2.92. The number of carbonyl (C=O) groups excluding carboxylic acids is 2. The maximum absolute atomic E-state index is 13.3. The fourth-order valence-corrected chi connectivity index (χ4v) is 6.04. The molecule has 10 nitrogen and oxygen atoms in total. The smallest absolute Gasteiger partial charge is 0.265 e. The summed E-state index contributed by atoms with van der Waals surface area (Å²) in [6.07, 6.45) is 1.43. The number of ketones is 1. The van der Waals surface area contributed by atoms with Gasteiger partial charge in [0.2, 0.25) is 0 Å². The number of hydrogen-bond acceptors (Lipinski definition) is 9. The lowest BCUT2D eigenvalue weighted by atomic mass is 9.98. The van der Waals surface area contributed by atoms with E-state index >= 15 is 0 Å². The van der Waals surface area contributed by atoms with Crippen LogP contribution in [0.5, 0.6) is 17.2 Å². The molecule has 1 fully saturated rings.